The first kappa shape index (κ1) is 12.3. The zero-order valence-electron chi connectivity index (χ0n) is 10.5. The van der Waals surface area contributed by atoms with Gasteiger partial charge >= 0.3 is 0 Å². The summed E-state index contributed by atoms with van der Waals surface area (Å²) in [6, 6.07) is 1.97. The van der Waals surface area contributed by atoms with E-state index in [9.17, 15) is 5.11 Å². The molecule has 0 saturated heterocycles. The van der Waals surface area contributed by atoms with Gasteiger partial charge in [0.05, 0.1) is 5.60 Å². The Bertz CT molecular complexity index is 480. The van der Waals surface area contributed by atoms with E-state index in [1.165, 1.54) is 11.1 Å². The Balaban J connectivity index is 2.06. The molecule has 1 aliphatic heterocycles. The first-order chi connectivity index (χ1) is 8.63. The second kappa shape index (κ2) is 4.42. The van der Waals surface area contributed by atoms with Gasteiger partial charge in [-0.05, 0) is 30.9 Å². The molecule has 2 aliphatic rings. The molecule has 1 saturated carbocycles. The number of hydrogen-bond donors (Lipinski definition) is 1. The molecule has 1 fully saturated rings. The third-order valence-electron chi connectivity index (χ3n) is 3.68. The van der Waals surface area contributed by atoms with Crippen molar-refractivity contribution in [3.63, 3.8) is 0 Å². The van der Waals surface area contributed by atoms with Crippen LogP contribution in [0.25, 0.3) is 0 Å². The lowest BCUT2D eigenvalue weighted by molar-refractivity contribution is 0.149. The fourth-order valence-electron chi connectivity index (χ4n) is 2.47. The highest BCUT2D eigenvalue weighted by molar-refractivity contribution is 9.10. The van der Waals surface area contributed by atoms with Crippen LogP contribution in [0.1, 0.15) is 30.9 Å². The maximum atomic E-state index is 10.1. The van der Waals surface area contributed by atoms with Crippen molar-refractivity contribution in [2.75, 3.05) is 13.2 Å². The minimum Gasteiger partial charge on any atom is -0.486 e. The van der Waals surface area contributed by atoms with E-state index in [0.717, 1.165) is 35.2 Å². The van der Waals surface area contributed by atoms with E-state index in [1.54, 1.807) is 0 Å². The third kappa shape index (κ3) is 2.12. The zero-order chi connectivity index (χ0) is 12.8. The van der Waals surface area contributed by atoms with E-state index in [4.69, 9.17) is 9.47 Å². The fraction of sp³-hybridized carbons (Fsp3) is 0.571. The molecule has 4 heteroatoms. The van der Waals surface area contributed by atoms with Gasteiger partial charge in [0.1, 0.15) is 13.2 Å². The van der Waals surface area contributed by atoms with E-state index in [0.29, 0.717) is 19.6 Å². The van der Waals surface area contributed by atoms with Crippen LogP contribution in [-0.2, 0) is 12.8 Å². The average Bonchev–Trinajstić information content (AvgIpc) is 3.08. The zero-order valence-corrected chi connectivity index (χ0v) is 12.0. The Morgan fingerprint density at radius 3 is 2.67 bits per heavy atom. The Morgan fingerprint density at radius 2 is 2.00 bits per heavy atom. The van der Waals surface area contributed by atoms with Gasteiger partial charge in [0.15, 0.2) is 11.5 Å². The number of fused-ring (bicyclic) bond motifs is 1. The normalized spacial score (nSPS) is 19.7. The van der Waals surface area contributed by atoms with Crippen molar-refractivity contribution in [2.45, 2.75) is 38.2 Å². The highest BCUT2D eigenvalue weighted by Gasteiger charge is 2.41. The van der Waals surface area contributed by atoms with Crippen LogP contribution >= 0.6 is 15.9 Å². The maximum absolute atomic E-state index is 10.1. The largest absolute Gasteiger partial charge is 0.486 e. The van der Waals surface area contributed by atoms with Crippen molar-refractivity contribution in [1.82, 2.24) is 0 Å². The van der Waals surface area contributed by atoms with E-state index < -0.39 is 5.60 Å². The first-order valence-corrected chi connectivity index (χ1v) is 7.24. The third-order valence-corrected chi connectivity index (χ3v) is 4.39. The van der Waals surface area contributed by atoms with Crippen LogP contribution in [0, 0.1) is 0 Å². The molecular formula is C14H17BrO3. The van der Waals surface area contributed by atoms with Crippen LogP contribution in [0.15, 0.2) is 10.5 Å². The summed E-state index contributed by atoms with van der Waals surface area (Å²) < 4.78 is 12.4. The van der Waals surface area contributed by atoms with Gasteiger partial charge in [-0.15, -0.1) is 0 Å². The molecule has 0 amide bonds. The summed E-state index contributed by atoms with van der Waals surface area (Å²) in [7, 11) is 0. The number of hydrogen-bond acceptors (Lipinski definition) is 3. The van der Waals surface area contributed by atoms with Crippen molar-refractivity contribution in [1.29, 1.82) is 0 Å². The number of ether oxygens (including phenoxy) is 2. The smallest absolute Gasteiger partial charge is 0.164 e. The van der Waals surface area contributed by atoms with E-state index in [2.05, 4.69) is 22.9 Å². The Kier molecular flexibility index (Phi) is 3.02. The Morgan fingerprint density at radius 1 is 1.28 bits per heavy atom. The second-order valence-corrected chi connectivity index (χ2v) is 5.95. The molecule has 3 nitrogen and oxygen atoms in total. The SMILES string of the molecule is CCc1c(CC2(O)CC2)c(Br)cc2c1OCCO2. The van der Waals surface area contributed by atoms with Crippen molar-refractivity contribution >= 4 is 15.9 Å². The predicted octanol–water partition coefficient (Wildman–Crippen LogP) is 2.85. The monoisotopic (exact) mass is 312 g/mol. The molecule has 0 spiro atoms. The summed E-state index contributed by atoms with van der Waals surface area (Å²) in [6.45, 7) is 3.32. The van der Waals surface area contributed by atoms with E-state index in [1.807, 2.05) is 6.07 Å². The summed E-state index contributed by atoms with van der Waals surface area (Å²) in [5.41, 5.74) is 1.84. The van der Waals surface area contributed by atoms with Crippen molar-refractivity contribution in [3.05, 3.63) is 21.7 Å². The van der Waals surface area contributed by atoms with Gasteiger partial charge < -0.3 is 14.6 Å². The second-order valence-electron chi connectivity index (χ2n) is 5.09. The molecule has 1 aromatic carbocycles. The highest BCUT2D eigenvalue weighted by Crippen LogP contribution is 2.45. The van der Waals surface area contributed by atoms with Crippen LogP contribution in [0.2, 0.25) is 0 Å². The quantitative estimate of drug-likeness (QED) is 0.932. The van der Waals surface area contributed by atoms with Gasteiger partial charge in [-0.3, -0.25) is 0 Å². The van der Waals surface area contributed by atoms with Gasteiger partial charge in [-0.1, -0.05) is 22.9 Å². The minimum absolute atomic E-state index is 0.490. The van der Waals surface area contributed by atoms with Crippen LogP contribution < -0.4 is 9.47 Å². The molecule has 0 atom stereocenters. The average molecular weight is 313 g/mol. The number of rotatable bonds is 3. The maximum Gasteiger partial charge on any atom is 0.164 e. The molecule has 98 valence electrons. The molecule has 0 radical (unpaired) electrons. The molecule has 1 aliphatic carbocycles. The molecular weight excluding hydrogens is 296 g/mol. The molecule has 1 aromatic rings. The summed E-state index contributed by atoms with van der Waals surface area (Å²) >= 11 is 3.60. The van der Waals surface area contributed by atoms with Gasteiger partial charge in [-0.25, -0.2) is 0 Å². The lowest BCUT2D eigenvalue weighted by Crippen LogP contribution is -2.19. The van der Waals surface area contributed by atoms with Gasteiger partial charge in [0.25, 0.3) is 0 Å². The molecule has 0 unspecified atom stereocenters. The number of halogens is 1. The Labute approximate surface area is 115 Å². The van der Waals surface area contributed by atoms with E-state index >= 15 is 0 Å². The lowest BCUT2D eigenvalue weighted by Gasteiger charge is -2.24. The molecule has 0 aromatic heterocycles. The summed E-state index contributed by atoms with van der Waals surface area (Å²) in [6.07, 6.45) is 3.39. The van der Waals surface area contributed by atoms with Gasteiger partial charge in [-0.2, -0.15) is 0 Å². The Hall–Kier alpha value is -0.740. The number of aliphatic hydroxyl groups is 1. The summed E-state index contributed by atoms with van der Waals surface area (Å²) in [4.78, 5) is 0. The molecule has 1 heterocycles. The first-order valence-electron chi connectivity index (χ1n) is 6.45. The van der Waals surface area contributed by atoms with Gasteiger partial charge in [0, 0.05) is 16.5 Å². The topological polar surface area (TPSA) is 38.7 Å². The van der Waals surface area contributed by atoms with Crippen LogP contribution in [-0.4, -0.2) is 23.9 Å². The van der Waals surface area contributed by atoms with Crippen molar-refractivity contribution in [3.8, 4) is 11.5 Å². The van der Waals surface area contributed by atoms with Crippen LogP contribution in [0.3, 0.4) is 0 Å². The van der Waals surface area contributed by atoms with Crippen molar-refractivity contribution in [2.24, 2.45) is 0 Å². The molecule has 0 bridgehead atoms. The molecule has 1 N–H and O–H groups in total. The van der Waals surface area contributed by atoms with E-state index in [-0.39, 0.29) is 0 Å². The predicted molar refractivity (Wildman–Crippen MR) is 72.4 cm³/mol. The summed E-state index contributed by atoms with van der Waals surface area (Å²) in [5.74, 6) is 1.68. The van der Waals surface area contributed by atoms with Crippen LogP contribution in [0.5, 0.6) is 11.5 Å². The minimum atomic E-state index is -0.490. The summed E-state index contributed by atoms with van der Waals surface area (Å²) in [5, 5.41) is 10.1. The lowest BCUT2D eigenvalue weighted by atomic mass is 9.97. The molecule has 18 heavy (non-hydrogen) atoms. The number of benzene rings is 1. The van der Waals surface area contributed by atoms with Crippen LogP contribution in [0.4, 0.5) is 0 Å². The van der Waals surface area contributed by atoms with Gasteiger partial charge in [0.2, 0.25) is 0 Å². The van der Waals surface area contributed by atoms with Crippen molar-refractivity contribution < 1.29 is 14.6 Å². The molecule has 3 rings (SSSR count). The fourth-order valence-corrected chi connectivity index (χ4v) is 3.06. The standard InChI is InChI=1S/C14H17BrO3/c1-2-9-10(8-14(16)3-4-14)11(15)7-12-13(9)18-6-5-17-12/h7,16H,2-6,8H2,1H3. The highest BCUT2D eigenvalue weighted by atomic mass is 79.9.